The van der Waals surface area contributed by atoms with Gasteiger partial charge < -0.3 is 14.2 Å². The zero-order valence-electron chi connectivity index (χ0n) is 33.8. The van der Waals surface area contributed by atoms with Crippen LogP contribution in [0.1, 0.15) is 95.6 Å². The highest BCUT2D eigenvalue weighted by molar-refractivity contribution is 9.10. The van der Waals surface area contributed by atoms with Gasteiger partial charge in [0.25, 0.3) is 0 Å². The number of rotatable bonds is 10. The first-order valence-corrected chi connectivity index (χ1v) is 20.1. The number of aromatic nitrogens is 4. The van der Waals surface area contributed by atoms with Gasteiger partial charge in [-0.05, 0) is 98.4 Å². The molecule has 2 atom stereocenters. The zero-order chi connectivity index (χ0) is 45.2. The Bertz CT molecular complexity index is 2280. The van der Waals surface area contributed by atoms with E-state index in [4.69, 9.17) is 14.2 Å². The average molecular weight is 982 g/mol. The Morgan fingerprint density at radius 2 is 1.12 bits per heavy atom. The Hall–Kier alpha value is -4.53. The van der Waals surface area contributed by atoms with E-state index < -0.39 is 99.0 Å². The van der Waals surface area contributed by atoms with Gasteiger partial charge in [-0.15, -0.1) is 0 Å². The molecule has 1 fully saturated rings. The van der Waals surface area contributed by atoms with E-state index in [2.05, 4.69) is 42.1 Å². The number of benzene rings is 2. The molecule has 2 unspecified atom stereocenters. The molecule has 1 saturated heterocycles. The van der Waals surface area contributed by atoms with Gasteiger partial charge in [-0.2, -0.15) is 36.5 Å². The lowest BCUT2D eigenvalue weighted by molar-refractivity contribution is -0.160. The second-order valence-corrected chi connectivity index (χ2v) is 17.5. The molecule has 13 nitrogen and oxygen atoms in total. The largest absolute Gasteiger partial charge is 0.464 e. The molecule has 0 bridgehead atoms. The van der Waals surface area contributed by atoms with Crippen LogP contribution in [0.3, 0.4) is 0 Å². The van der Waals surface area contributed by atoms with Crippen molar-refractivity contribution in [3.8, 4) is 0 Å². The van der Waals surface area contributed by atoms with Crippen LogP contribution in [0.15, 0.2) is 33.5 Å². The van der Waals surface area contributed by atoms with Gasteiger partial charge in [0.05, 0.1) is 35.4 Å². The van der Waals surface area contributed by atoms with Crippen LogP contribution in [0.2, 0.25) is 0 Å². The van der Waals surface area contributed by atoms with E-state index in [1.807, 2.05) is 0 Å². The number of nitrogens with zero attached hydrogens (tertiary/aromatic N) is 5. The molecule has 21 heteroatoms. The Kier molecular flexibility index (Phi) is 12.5. The molecule has 0 aliphatic carbocycles. The number of hydrogen-bond acceptors (Lipinski definition) is 10. The van der Waals surface area contributed by atoms with Crippen LogP contribution in [0.25, 0.3) is 21.8 Å². The zero-order valence-corrected chi connectivity index (χ0v) is 37.0. The molecule has 60 heavy (non-hydrogen) atoms. The van der Waals surface area contributed by atoms with Crippen molar-refractivity contribution in [3.05, 3.63) is 55.7 Å². The van der Waals surface area contributed by atoms with Crippen LogP contribution in [0.4, 0.5) is 31.1 Å². The van der Waals surface area contributed by atoms with E-state index in [1.165, 1.54) is 62.3 Å². The van der Waals surface area contributed by atoms with Crippen molar-refractivity contribution in [2.75, 3.05) is 13.2 Å². The van der Waals surface area contributed by atoms with Gasteiger partial charge in [0, 0.05) is 37.7 Å². The molecule has 1 aliphatic heterocycles. The van der Waals surface area contributed by atoms with Crippen LogP contribution >= 0.6 is 31.9 Å². The fraction of sp³-hybridized carbons (Fsp3) is 0.513. The maximum atomic E-state index is 15.7. The number of amides is 1. The summed E-state index contributed by atoms with van der Waals surface area (Å²) in [7, 11) is 0. The van der Waals surface area contributed by atoms with Crippen LogP contribution in [0, 0.1) is 13.8 Å². The molecule has 0 N–H and O–H groups in total. The number of alkyl halides is 6. The van der Waals surface area contributed by atoms with Gasteiger partial charge in [0.2, 0.25) is 23.7 Å². The molecule has 5 rings (SSSR count). The van der Waals surface area contributed by atoms with E-state index in [9.17, 15) is 40.7 Å². The predicted octanol–water partition coefficient (Wildman–Crippen LogP) is 9.16. The maximum Gasteiger partial charge on any atom is 0.417 e. The number of carbonyl (C=O) groups is 5. The molecule has 326 valence electrons. The van der Waals surface area contributed by atoms with Gasteiger partial charge in [0.1, 0.15) is 5.60 Å². The molecule has 3 heterocycles. The normalized spacial score (nSPS) is 18.1. The number of hydrogen-bond donors (Lipinski definition) is 0. The van der Waals surface area contributed by atoms with E-state index >= 15 is 9.59 Å². The molecule has 0 saturated carbocycles. The molecular weight excluding hydrogens is 940 g/mol. The molecule has 4 aromatic rings. The third kappa shape index (κ3) is 8.26. The summed E-state index contributed by atoms with van der Waals surface area (Å²) in [6.07, 6.45) is -10.4. The summed E-state index contributed by atoms with van der Waals surface area (Å²) in [5, 5.41) is 7.43. The molecule has 2 aromatic heterocycles. The SMILES string of the molecule is CCOC(=O)C(C(=O)C1(C(=O)C(C(=O)OCC)n2cc3c(C(F)(F)F)cc(Br)c(C)c3n2)CCC(C)(C)N1C(=O)OC(C)(C)C)n1cc2c(C(F)(F)F)cc(Br)c(C)c2n1. The Balaban J connectivity index is 1.88. The maximum absolute atomic E-state index is 15.7. The third-order valence-electron chi connectivity index (χ3n) is 10.1. The van der Waals surface area contributed by atoms with Crippen LogP contribution in [-0.4, -0.2) is 84.0 Å². The van der Waals surface area contributed by atoms with E-state index in [0.717, 1.165) is 29.4 Å². The van der Waals surface area contributed by atoms with Gasteiger partial charge in [-0.25, -0.2) is 23.7 Å². The number of aryl methyl sites for hydroxylation is 2. The minimum atomic E-state index is -4.95. The lowest BCUT2D eigenvalue weighted by Crippen LogP contribution is -2.67. The number of esters is 2. The monoisotopic (exact) mass is 979 g/mol. The van der Waals surface area contributed by atoms with Crippen molar-refractivity contribution < 1.29 is 64.5 Å². The van der Waals surface area contributed by atoms with Gasteiger partial charge in [-0.1, -0.05) is 31.9 Å². The van der Waals surface area contributed by atoms with Crippen LogP contribution in [0.5, 0.6) is 0 Å². The molecule has 1 aliphatic rings. The van der Waals surface area contributed by atoms with Crippen molar-refractivity contribution in [1.29, 1.82) is 0 Å². The summed E-state index contributed by atoms with van der Waals surface area (Å²) < 4.78 is 104. The second-order valence-electron chi connectivity index (χ2n) is 15.8. The Morgan fingerprint density at radius 3 is 1.45 bits per heavy atom. The van der Waals surface area contributed by atoms with Crippen LogP contribution < -0.4 is 0 Å². The summed E-state index contributed by atoms with van der Waals surface area (Å²) in [6, 6.07) is -3.20. The molecule has 0 radical (unpaired) electrons. The van der Waals surface area contributed by atoms with Gasteiger partial charge in [0.15, 0.2) is 5.54 Å². The first kappa shape index (κ1) is 46.5. The molecule has 1 amide bonds. The summed E-state index contributed by atoms with van der Waals surface area (Å²) in [5.74, 6) is -5.73. The quantitative estimate of drug-likeness (QED) is 0.0651. The lowest BCUT2D eigenvalue weighted by atomic mass is 9.79. The fourth-order valence-corrected chi connectivity index (χ4v) is 8.24. The number of fused-ring (bicyclic) bond motifs is 2. The Labute approximate surface area is 356 Å². The number of likely N-dealkylation sites (tertiary alicyclic amines) is 1. The first-order valence-electron chi connectivity index (χ1n) is 18.5. The Morgan fingerprint density at radius 1 is 0.733 bits per heavy atom. The van der Waals surface area contributed by atoms with Gasteiger partial charge in [-0.3, -0.25) is 14.5 Å². The summed E-state index contributed by atoms with van der Waals surface area (Å²) in [4.78, 5) is 74.7. The lowest BCUT2D eigenvalue weighted by Gasteiger charge is -2.44. The average Bonchev–Trinajstić information content (AvgIpc) is 3.81. The van der Waals surface area contributed by atoms with E-state index in [1.54, 1.807) is 0 Å². The third-order valence-corrected chi connectivity index (χ3v) is 11.8. The smallest absolute Gasteiger partial charge is 0.417 e. The minimum absolute atomic E-state index is 0.00767. The summed E-state index contributed by atoms with van der Waals surface area (Å²) in [6.45, 7) is 12.3. The first-order chi connectivity index (χ1) is 27.5. The minimum Gasteiger partial charge on any atom is -0.464 e. The number of ether oxygens (including phenoxy) is 3. The topological polar surface area (TPSA) is 152 Å². The van der Waals surface area contributed by atoms with Crippen molar-refractivity contribution in [1.82, 2.24) is 24.5 Å². The molecule has 2 aromatic carbocycles. The highest BCUT2D eigenvalue weighted by atomic mass is 79.9. The summed E-state index contributed by atoms with van der Waals surface area (Å²) in [5.41, 5.74) is -8.29. The van der Waals surface area contributed by atoms with Crippen molar-refractivity contribution in [2.45, 2.75) is 116 Å². The van der Waals surface area contributed by atoms with E-state index in [-0.39, 0.29) is 50.7 Å². The van der Waals surface area contributed by atoms with Gasteiger partial charge >= 0.3 is 30.4 Å². The number of ketones is 2. The standard InChI is InChI=1S/C39H41Br2F6N5O8/c1-10-58-32(55)28(50-16-20-22(38(42,43)44)14-24(40)18(3)26(20)48-50)30(53)37(13-12-36(8,9)52(37)34(57)60-35(5,6)7)31(54)29(33(56)59-11-2)51-17-21-23(39(45,46)47)15-25(41)19(4)27(21)49-51/h14-17,28-29H,10-13H2,1-9H3. The van der Waals surface area contributed by atoms with Crippen molar-refractivity contribution >= 4 is 83.3 Å². The number of Topliss-reactive ketones (excluding diaryl/α,β-unsaturated/α-hetero) is 2. The molecule has 0 spiro atoms. The highest BCUT2D eigenvalue weighted by Gasteiger charge is 2.67. The second kappa shape index (κ2) is 16.1. The van der Waals surface area contributed by atoms with Crippen molar-refractivity contribution in [3.63, 3.8) is 0 Å². The van der Waals surface area contributed by atoms with Crippen LogP contribution in [-0.2, 0) is 45.7 Å². The van der Waals surface area contributed by atoms with E-state index in [0.29, 0.717) is 9.36 Å². The fourth-order valence-electron chi connectivity index (χ4n) is 7.41. The highest BCUT2D eigenvalue weighted by Crippen LogP contribution is 2.48. The number of halogens is 8. The summed E-state index contributed by atoms with van der Waals surface area (Å²) >= 11 is 6.21. The number of carbonyl (C=O) groups excluding carboxylic acids is 5. The predicted molar refractivity (Wildman–Crippen MR) is 210 cm³/mol. The van der Waals surface area contributed by atoms with Crippen molar-refractivity contribution in [2.24, 2.45) is 0 Å². The molecular formula is C39H41Br2F6N5O8.